The van der Waals surface area contributed by atoms with E-state index in [1.165, 1.54) is 19.3 Å². The average Bonchev–Trinajstić information content (AvgIpc) is 2.97. The number of carbonyl (C=O) groups excluding carboxylic acids is 1. The number of rotatable bonds is 4. The smallest absolute Gasteiger partial charge is 0.270 e. The molecule has 0 spiro atoms. The van der Waals surface area contributed by atoms with Crippen LogP contribution in [0.3, 0.4) is 0 Å². The van der Waals surface area contributed by atoms with Crippen LogP contribution in [0.2, 0.25) is 0 Å². The van der Waals surface area contributed by atoms with Crippen molar-refractivity contribution < 1.29 is 9.21 Å². The predicted molar refractivity (Wildman–Crippen MR) is 86.5 cm³/mol. The fourth-order valence-corrected chi connectivity index (χ4v) is 3.80. The molecule has 2 aromatic rings. The molecule has 23 heavy (non-hydrogen) atoms. The van der Waals surface area contributed by atoms with Gasteiger partial charge in [-0.2, -0.15) is 0 Å². The highest BCUT2D eigenvalue weighted by Gasteiger charge is 2.39. The van der Waals surface area contributed by atoms with Crippen molar-refractivity contribution >= 4 is 22.8 Å². The van der Waals surface area contributed by atoms with Crippen LogP contribution in [0.5, 0.6) is 0 Å². The zero-order valence-electron chi connectivity index (χ0n) is 12.8. The van der Waals surface area contributed by atoms with E-state index in [2.05, 4.69) is 20.9 Å². The Morgan fingerprint density at radius 3 is 2.91 bits per heavy atom. The quantitative estimate of drug-likeness (QED) is 0.805. The summed E-state index contributed by atoms with van der Waals surface area (Å²) in [6.07, 6.45) is 7.44. The van der Waals surface area contributed by atoms with Gasteiger partial charge in [0.1, 0.15) is 5.69 Å². The monoisotopic (exact) mass is 312 g/mol. The lowest BCUT2D eigenvalue weighted by molar-refractivity contribution is 0.0926. The zero-order valence-corrected chi connectivity index (χ0v) is 12.8. The first-order valence-electron chi connectivity index (χ1n) is 8.48. The van der Waals surface area contributed by atoms with Gasteiger partial charge in [0.15, 0.2) is 11.5 Å². The van der Waals surface area contributed by atoms with E-state index in [0.29, 0.717) is 29.4 Å². The first-order chi connectivity index (χ1) is 11.2. The highest BCUT2D eigenvalue weighted by Crippen LogP contribution is 2.30. The van der Waals surface area contributed by atoms with E-state index in [9.17, 15) is 4.79 Å². The third-order valence-corrected chi connectivity index (χ3v) is 5.18. The lowest BCUT2D eigenvalue weighted by Gasteiger charge is -2.21. The van der Waals surface area contributed by atoms with Gasteiger partial charge in [-0.25, -0.2) is 4.98 Å². The minimum Gasteiger partial charge on any atom is -0.439 e. The van der Waals surface area contributed by atoms with Crippen molar-refractivity contribution in [2.75, 3.05) is 5.32 Å². The van der Waals surface area contributed by atoms with Crippen molar-refractivity contribution in [2.45, 2.75) is 56.3 Å². The van der Waals surface area contributed by atoms with Crippen LogP contribution < -0.4 is 16.0 Å². The lowest BCUT2D eigenvalue weighted by atomic mass is 9.95. The maximum Gasteiger partial charge on any atom is 0.270 e. The van der Waals surface area contributed by atoms with Crippen LogP contribution >= 0.6 is 0 Å². The molecule has 2 aromatic heterocycles. The Balaban J connectivity index is 1.33. The van der Waals surface area contributed by atoms with Crippen LogP contribution in [0.15, 0.2) is 22.7 Å². The lowest BCUT2D eigenvalue weighted by Crippen LogP contribution is -2.43. The third kappa shape index (κ3) is 2.47. The molecule has 120 valence electrons. The molecule has 2 bridgehead atoms. The van der Waals surface area contributed by atoms with Gasteiger partial charge < -0.3 is 20.4 Å². The molecule has 4 heterocycles. The summed E-state index contributed by atoms with van der Waals surface area (Å²) in [6, 6.07) is 5.53. The highest BCUT2D eigenvalue weighted by molar-refractivity contribution is 5.96. The van der Waals surface area contributed by atoms with E-state index in [1.54, 1.807) is 6.20 Å². The Morgan fingerprint density at radius 2 is 2.17 bits per heavy atom. The molecular formula is C17H20N4O2. The molecule has 0 unspecified atom stereocenters. The van der Waals surface area contributed by atoms with Crippen LogP contribution in [-0.2, 0) is 0 Å². The van der Waals surface area contributed by atoms with Gasteiger partial charge in [-0.1, -0.05) is 0 Å². The summed E-state index contributed by atoms with van der Waals surface area (Å²) in [4.78, 5) is 16.7. The predicted octanol–water partition coefficient (Wildman–Crippen LogP) is 2.02. The molecule has 6 nitrogen and oxygen atoms in total. The Bertz CT molecular complexity index is 767. The molecule has 0 radical (unpaired) electrons. The van der Waals surface area contributed by atoms with Gasteiger partial charge in [0.05, 0.1) is 6.20 Å². The van der Waals surface area contributed by atoms with E-state index in [1.807, 2.05) is 12.1 Å². The number of aromatic nitrogens is 1. The van der Waals surface area contributed by atoms with Crippen LogP contribution in [0.1, 0.15) is 42.6 Å². The molecule has 3 atom stereocenters. The Hall–Kier alpha value is -2.08. The molecule has 3 fully saturated rings. The van der Waals surface area contributed by atoms with E-state index in [0.717, 1.165) is 24.1 Å². The summed E-state index contributed by atoms with van der Waals surface area (Å²) in [6.45, 7) is 0. The fraction of sp³-hybridized carbons (Fsp3) is 0.529. The van der Waals surface area contributed by atoms with Gasteiger partial charge in [0.2, 0.25) is 0 Å². The SMILES string of the molecule is O=C(N[C@@H]1C[C@H]2CC[C@@H]1N2)c1cc2cc(NC3CC3)oc2cn1. The van der Waals surface area contributed by atoms with Crippen LogP contribution in [0.25, 0.3) is 11.0 Å². The Kier molecular flexibility index (Phi) is 2.88. The minimum absolute atomic E-state index is 0.0934. The van der Waals surface area contributed by atoms with Gasteiger partial charge in [-0.15, -0.1) is 0 Å². The van der Waals surface area contributed by atoms with Gasteiger partial charge >= 0.3 is 0 Å². The second-order valence-electron chi connectivity index (χ2n) is 7.00. The zero-order chi connectivity index (χ0) is 15.4. The second kappa shape index (κ2) is 4.96. The number of nitrogens with zero attached hydrogens (tertiary/aromatic N) is 1. The van der Waals surface area contributed by atoms with Crippen LogP contribution in [-0.4, -0.2) is 35.1 Å². The average molecular weight is 312 g/mol. The number of fused-ring (bicyclic) bond motifs is 3. The molecule has 2 saturated heterocycles. The second-order valence-corrected chi connectivity index (χ2v) is 7.00. The normalized spacial score (nSPS) is 29.1. The standard InChI is InChI=1S/C17H20N4O2/c22-17(21-13-7-11-3-4-12(13)19-11)14-5-9-6-16(20-10-1-2-10)23-15(9)8-18-14/h5-6,8,10-13,19-20H,1-4,7H2,(H,21,22)/t11-,12+,13-/m1/s1. The number of amides is 1. The molecule has 6 heteroatoms. The van der Waals surface area contributed by atoms with Crippen molar-refractivity contribution in [1.82, 2.24) is 15.6 Å². The topological polar surface area (TPSA) is 79.2 Å². The Labute approximate surface area is 134 Å². The first kappa shape index (κ1) is 13.4. The highest BCUT2D eigenvalue weighted by atomic mass is 16.3. The number of anilines is 1. The van der Waals surface area contributed by atoms with E-state index in [-0.39, 0.29) is 11.9 Å². The molecule has 5 rings (SSSR count). The van der Waals surface area contributed by atoms with Crippen molar-refractivity contribution in [2.24, 2.45) is 0 Å². The number of hydrogen-bond acceptors (Lipinski definition) is 5. The van der Waals surface area contributed by atoms with E-state index < -0.39 is 0 Å². The van der Waals surface area contributed by atoms with Crippen molar-refractivity contribution in [3.05, 3.63) is 24.0 Å². The summed E-state index contributed by atoms with van der Waals surface area (Å²) in [7, 11) is 0. The summed E-state index contributed by atoms with van der Waals surface area (Å²) >= 11 is 0. The van der Waals surface area contributed by atoms with Crippen LogP contribution in [0, 0.1) is 0 Å². The molecule has 1 aliphatic carbocycles. The van der Waals surface area contributed by atoms with Gasteiger partial charge in [-0.05, 0) is 38.2 Å². The van der Waals surface area contributed by atoms with E-state index in [4.69, 9.17) is 4.42 Å². The Morgan fingerprint density at radius 1 is 1.26 bits per heavy atom. The fourth-order valence-electron chi connectivity index (χ4n) is 3.80. The number of furan rings is 1. The largest absolute Gasteiger partial charge is 0.439 e. The van der Waals surface area contributed by atoms with Gasteiger partial charge in [-0.3, -0.25) is 4.79 Å². The number of hydrogen-bond donors (Lipinski definition) is 3. The van der Waals surface area contributed by atoms with Crippen molar-refractivity contribution in [3.63, 3.8) is 0 Å². The molecule has 1 amide bonds. The van der Waals surface area contributed by atoms with E-state index >= 15 is 0 Å². The number of pyridine rings is 1. The summed E-state index contributed by atoms with van der Waals surface area (Å²) < 4.78 is 5.71. The summed E-state index contributed by atoms with van der Waals surface area (Å²) in [5.41, 5.74) is 1.17. The number of carbonyl (C=O) groups is 1. The number of nitrogens with one attached hydrogen (secondary N) is 3. The summed E-state index contributed by atoms with van der Waals surface area (Å²) in [5, 5.41) is 10.9. The minimum atomic E-state index is -0.0934. The van der Waals surface area contributed by atoms with Crippen molar-refractivity contribution in [1.29, 1.82) is 0 Å². The van der Waals surface area contributed by atoms with Gasteiger partial charge in [0.25, 0.3) is 5.91 Å². The molecule has 1 saturated carbocycles. The maximum absolute atomic E-state index is 12.5. The van der Waals surface area contributed by atoms with Crippen LogP contribution in [0.4, 0.5) is 5.88 Å². The maximum atomic E-state index is 12.5. The molecule has 2 aliphatic heterocycles. The molecule has 0 aromatic carbocycles. The third-order valence-electron chi connectivity index (χ3n) is 5.18. The van der Waals surface area contributed by atoms with Gasteiger partial charge in [0, 0.05) is 35.6 Å². The molecule has 3 aliphatic rings. The molecule has 3 N–H and O–H groups in total. The summed E-state index contributed by atoms with van der Waals surface area (Å²) in [5.74, 6) is 0.670. The molecular weight excluding hydrogens is 292 g/mol. The van der Waals surface area contributed by atoms with Crippen molar-refractivity contribution in [3.8, 4) is 0 Å². The first-order valence-corrected chi connectivity index (χ1v) is 8.48.